The van der Waals surface area contributed by atoms with Crippen molar-refractivity contribution in [1.82, 2.24) is 10.2 Å². The third kappa shape index (κ3) is 6.56. The Hall–Kier alpha value is -2.55. The largest absolute Gasteiger partial charge is 0.481 e. The van der Waals surface area contributed by atoms with E-state index in [-0.39, 0.29) is 17.7 Å². The molecule has 1 heterocycles. The average Bonchev–Trinajstić information content (AvgIpc) is 2.73. The van der Waals surface area contributed by atoms with Gasteiger partial charge in [-0.25, -0.2) is 0 Å². The van der Waals surface area contributed by atoms with Gasteiger partial charge in [-0.1, -0.05) is 26.2 Å². The highest BCUT2D eigenvalue weighted by Crippen LogP contribution is 2.19. The number of carbonyl (C=O) groups is 2. The topological polar surface area (TPSA) is 82.4 Å². The molecule has 0 aromatic heterocycles. The zero-order chi connectivity index (χ0) is 20.4. The van der Waals surface area contributed by atoms with Crippen molar-refractivity contribution in [3.63, 3.8) is 0 Å². The van der Waals surface area contributed by atoms with Gasteiger partial charge in [-0.2, -0.15) is 5.26 Å². The number of rotatable bonds is 9. The lowest BCUT2D eigenvalue weighted by Gasteiger charge is -2.33. The van der Waals surface area contributed by atoms with E-state index < -0.39 is 6.10 Å². The molecule has 2 atom stereocenters. The van der Waals surface area contributed by atoms with Crippen LogP contribution in [-0.2, 0) is 9.59 Å². The SMILES string of the molecule is CCCCCCNC(=O)C1CCCN(C(=O)C(C)Oc2ccc(C#N)cc2)C1. The first kappa shape index (κ1) is 21.7. The fourth-order valence-electron chi connectivity index (χ4n) is 3.42. The van der Waals surface area contributed by atoms with E-state index in [2.05, 4.69) is 18.3 Å². The van der Waals surface area contributed by atoms with Gasteiger partial charge in [-0.3, -0.25) is 9.59 Å². The molecule has 2 rings (SSSR count). The molecule has 1 aliphatic rings. The number of unbranched alkanes of at least 4 members (excludes halogenated alkanes) is 3. The smallest absolute Gasteiger partial charge is 0.263 e. The van der Waals surface area contributed by atoms with E-state index in [1.807, 2.05) is 0 Å². The fraction of sp³-hybridized carbons (Fsp3) is 0.591. The van der Waals surface area contributed by atoms with E-state index in [1.54, 1.807) is 36.1 Å². The number of nitrogens with zero attached hydrogens (tertiary/aromatic N) is 2. The van der Waals surface area contributed by atoms with Crippen molar-refractivity contribution in [2.24, 2.45) is 5.92 Å². The lowest BCUT2D eigenvalue weighted by molar-refractivity contribution is -0.141. The summed E-state index contributed by atoms with van der Waals surface area (Å²) < 4.78 is 5.73. The summed E-state index contributed by atoms with van der Waals surface area (Å²) >= 11 is 0. The molecule has 0 spiro atoms. The summed E-state index contributed by atoms with van der Waals surface area (Å²) in [5, 5.41) is 11.9. The van der Waals surface area contributed by atoms with Crippen LogP contribution in [0.15, 0.2) is 24.3 Å². The number of hydrogen-bond donors (Lipinski definition) is 1. The van der Waals surface area contributed by atoms with Crippen LogP contribution < -0.4 is 10.1 Å². The van der Waals surface area contributed by atoms with Gasteiger partial charge in [0.1, 0.15) is 5.75 Å². The van der Waals surface area contributed by atoms with Crippen molar-refractivity contribution in [2.45, 2.75) is 58.5 Å². The van der Waals surface area contributed by atoms with Crippen LogP contribution in [0.3, 0.4) is 0 Å². The Morgan fingerprint density at radius 3 is 2.71 bits per heavy atom. The van der Waals surface area contributed by atoms with Crippen molar-refractivity contribution < 1.29 is 14.3 Å². The predicted octanol–water partition coefficient (Wildman–Crippen LogP) is 3.26. The fourth-order valence-corrected chi connectivity index (χ4v) is 3.42. The van der Waals surface area contributed by atoms with E-state index in [0.717, 1.165) is 25.7 Å². The molecular weight excluding hydrogens is 354 g/mol. The van der Waals surface area contributed by atoms with Gasteiger partial charge in [-0.15, -0.1) is 0 Å². The highest BCUT2D eigenvalue weighted by Gasteiger charge is 2.31. The molecule has 152 valence electrons. The second kappa shape index (κ2) is 11.3. The molecular formula is C22H31N3O3. The monoisotopic (exact) mass is 385 g/mol. The molecule has 6 nitrogen and oxygen atoms in total. The maximum absolute atomic E-state index is 12.7. The molecule has 1 aromatic carbocycles. The molecule has 0 radical (unpaired) electrons. The third-order valence-electron chi connectivity index (χ3n) is 5.08. The molecule has 0 bridgehead atoms. The molecule has 6 heteroatoms. The van der Waals surface area contributed by atoms with E-state index in [4.69, 9.17) is 10.00 Å². The van der Waals surface area contributed by atoms with Crippen LogP contribution >= 0.6 is 0 Å². The van der Waals surface area contributed by atoms with Crippen molar-refractivity contribution in [2.75, 3.05) is 19.6 Å². The quantitative estimate of drug-likeness (QED) is 0.662. The van der Waals surface area contributed by atoms with Crippen LogP contribution in [0.5, 0.6) is 5.75 Å². The van der Waals surface area contributed by atoms with Crippen molar-refractivity contribution in [3.05, 3.63) is 29.8 Å². The first-order chi connectivity index (χ1) is 13.5. The number of amides is 2. The first-order valence-electron chi connectivity index (χ1n) is 10.3. The second-order valence-corrected chi connectivity index (χ2v) is 7.37. The number of benzene rings is 1. The molecule has 1 fully saturated rings. The van der Waals surface area contributed by atoms with Gasteiger partial charge < -0.3 is 15.0 Å². The van der Waals surface area contributed by atoms with Crippen LogP contribution in [0.4, 0.5) is 0 Å². The Morgan fingerprint density at radius 1 is 1.29 bits per heavy atom. The van der Waals surface area contributed by atoms with E-state index in [9.17, 15) is 9.59 Å². The molecule has 1 N–H and O–H groups in total. The number of piperidine rings is 1. The summed E-state index contributed by atoms with van der Waals surface area (Å²) in [6.07, 6.45) is 5.51. The van der Waals surface area contributed by atoms with E-state index in [0.29, 0.717) is 30.9 Å². The Labute approximate surface area is 167 Å². The average molecular weight is 386 g/mol. The maximum atomic E-state index is 12.7. The van der Waals surface area contributed by atoms with Crippen LogP contribution in [0.25, 0.3) is 0 Å². The minimum Gasteiger partial charge on any atom is -0.481 e. The summed E-state index contributed by atoms with van der Waals surface area (Å²) in [6, 6.07) is 8.75. The van der Waals surface area contributed by atoms with E-state index in [1.165, 1.54) is 12.8 Å². The Balaban J connectivity index is 1.81. The Bertz CT molecular complexity index is 681. The van der Waals surface area contributed by atoms with Crippen molar-refractivity contribution in [1.29, 1.82) is 5.26 Å². The highest BCUT2D eigenvalue weighted by atomic mass is 16.5. The molecule has 28 heavy (non-hydrogen) atoms. The number of ether oxygens (including phenoxy) is 1. The van der Waals surface area contributed by atoms with Crippen molar-refractivity contribution >= 4 is 11.8 Å². The molecule has 1 aliphatic heterocycles. The van der Waals surface area contributed by atoms with Crippen LogP contribution in [0.1, 0.15) is 57.9 Å². The normalized spacial score (nSPS) is 17.5. The van der Waals surface area contributed by atoms with Crippen LogP contribution in [-0.4, -0.2) is 42.5 Å². The highest BCUT2D eigenvalue weighted by molar-refractivity contribution is 5.83. The Kier molecular flexibility index (Phi) is 8.80. The second-order valence-electron chi connectivity index (χ2n) is 7.37. The van der Waals surface area contributed by atoms with Crippen LogP contribution in [0.2, 0.25) is 0 Å². The van der Waals surface area contributed by atoms with Gasteiger partial charge >= 0.3 is 0 Å². The van der Waals surface area contributed by atoms with Crippen LogP contribution in [0, 0.1) is 17.2 Å². The van der Waals surface area contributed by atoms with Gasteiger partial charge in [0.15, 0.2) is 6.10 Å². The van der Waals surface area contributed by atoms with Gasteiger partial charge in [-0.05, 0) is 50.5 Å². The summed E-state index contributed by atoms with van der Waals surface area (Å²) in [6.45, 7) is 5.69. The minimum atomic E-state index is -0.635. The summed E-state index contributed by atoms with van der Waals surface area (Å²) in [5.74, 6) is 0.351. The van der Waals surface area contributed by atoms with Gasteiger partial charge in [0.2, 0.25) is 5.91 Å². The third-order valence-corrected chi connectivity index (χ3v) is 5.08. The zero-order valence-electron chi connectivity index (χ0n) is 16.9. The summed E-state index contributed by atoms with van der Waals surface area (Å²) in [4.78, 5) is 26.9. The van der Waals surface area contributed by atoms with E-state index >= 15 is 0 Å². The number of carbonyl (C=O) groups excluding carboxylic acids is 2. The molecule has 0 aliphatic carbocycles. The minimum absolute atomic E-state index is 0.0506. The molecule has 0 saturated carbocycles. The number of nitriles is 1. The zero-order valence-corrected chi connectivity index (χ0v) is 16.9. The molecule has 1 aromatic rings. The summed E-state index contributed by atoms with van der Waals surface area (Å²) in [7, 11) is 0. The first-order valence-corrected chi connectivity index (χ1v) is 10.3. The molecule has 2 amide bonds. The predicted molar refractivity (Wildman–Crippen MR) is 108 cm³/mol. The van der Waals surface area contributed by atoms with Gasteiger partial charge in [0.25, 0.3) is 5.91 Å². The standard InChI is InChI=1S/C22H31N3O3/c1-3-4-5-6-13-24-21(26)19-8-7-14-25(16-19)22(27)17(2)28-20-11-9-18(15-23)10-12-20/h9-12,17,19H,3-8,13-14,16H2,1-2H3,(H,24,26). The van der Waals surface area contributed by atoms with Crippen molar-refractivity contribution in [3.8, 4) is 11.8 Å². The van der Waals surface area contributed by atoms with Gasteiger partial charge in [0, 0.05) is 19.6 Å². The number of hydrogen-bond acceptors (Lipinski definition) is 4. The Morgan fingerprint density at radius 2 is 2.04 bits per heavy atom. The maximum Gasteiger partial charge on any atom is 0.263 e. The summed E-state index contributed by atoms with van der Waals surface area (Å²) in [5.41, 5.74) is 0.547. The molecule has 2 unspecified atom stereocenters. The number of nitrogens with one attached hydrogen (secondary N) is 1. The lowest BCUT2D eigenvalue weighted by atomic mass is 9.96. The molecule has 1 saturated heterocycles. The lowest BCUT2D eigenvalue weighted by Crippen LogP contribution is -2.49. The number of likely N-dealkylation sites (tertiary alicyclic amines) is 1. The van der Waals surface area contributed by atoms with Gasteiger partial charge in [0.05, 0.1) is 17.6 Å².